The van der Waals surface area contributed by atoms with Gasteiger partial charge in [0.15, 0.2) is 0 Å². The monoisotopic (exact) mass is 458 g/mol. The molecule has 1 aromatic heterocycles. The van der Waals surface area contributed by atoms with Gasteiger partial charge in [0.1, 0.15) is 12.4 Å². The number of hydrogen-bond donors (Lipinski definition) is 1. The second-order valence-corrected chi connectivity index (χ2v) is 9.82. The first-order chi connectivity index (χ1) is 16.1. The van der Waals surface area contributed by atoms with Crippen LogP contribution in [0.15, 0.2) is 72.8 Å². The van der Waals surface area contributed by atoms with E-state index >= 15 is 0 Å². The van der Waals surface area contributed by atoms with E-state index < -0.39 is 0 Å². The second-order valence-electron chi connectivity index (χ2n) is 9.82. The molecule has 34 heavy (non-hydrogen) atoms. The number of carbonyl (C=O) groups is 2. The average molecular weight is 459 g/mol. The third kappa shape index (κ3) is 6.91. The molecule has 0 atom stereocenters. The van der Waals surface area contributed by atoms with Crippen molar-refractivity contribution in [1.29, 1.82) is 0 Å². The molecule has 0 aliphatic heterocycles. The van der Waals surface area contributed by atoms with Crippen LogP contribution in [0.1, 0.15) is 45.9 Å². The second kappa shape index (κ2) is 11.0. The van der Waals surface area contributed by atoms with E-state index in [-0.39, 0.29) is 29.7 Å². The van der Waals surface area contributed by atoms with Gasteiger partial charge in [0.2, 0.25) is 11.8 Å². The van der Waals surface area contributed by atoms with E-state index in [9.17, 15) is 9.59 Å². The number of benzene rings is 2. The number of anilines is 1. The highest BCUT2D eigenvalue weighted by Gasteiger charge is 2.23. The Hall–Kier alpha value is -3.67. The molecule has 0 bridgehead atoms. The maximum absolute atomic E-state index is 13.1. The summed E-state index contributed by atoms with van der Waals surface area (Å²) in [5.41, 5.74) is 2.48. The van der Waals surface area contributed by atoms with Crippen molar-refractivity contribution in [2.75, 3.05) is 18.4 Å². The van der Waals surface area contributed by atoms with Crippen molar-refractivity contribution in [3.63, 3.8) is 0 Å². The smallest absolute Gasteiger partial charge is 0.247 e. The summed E-state index contributed by atoms with van der Waals surface area (Å²) in [5, 5.41) is 7.72. The summed E-state index contributed by atoms with van der Waals surface area (Å²) in [4.78, 5) is 27.5. The number of carbonyl (C=O) groups excluding carboxylic acids is 2. The van der Waals surface area contributed by atoms with Crippen LogP contribution in [0.5, 0.6) is 0 Å². The maximum Gasteiger partial charge on any atom is 0.247 e. The van der Waals surface area contributed by atoms with Crippen LogP contribution < -0.4 is 5.32 Å². The summed E-state index contributed by atoms with van der Waals surface area (Å²) in [6, 6.07) is 21.2. The minimum Gasteiger partial charge on any atom is -0.330 e. The molecule has 6 nitrogen and oxygen atoms in total. The molecule has 2 amide bonds. The zero-order valence-electron chi connectivity index (χ0n) is 20.7. The zero-order valence-corrected chi connectivity index (χ0v) is 20.7. The van der Waals surface area contributed by atoms with E-state index in [1.54, 1.807) is 15.7 Å². The number of nitrogens with zero attached hydrogens (tertiary/aromatic N) is 3. The predicted octanol–water partition coefficient (Wildman–Crippen LogP) is 5.31. The number of aromatic nitrogens is 2. The van der Waals surface area contributed by atoms with Crippen LogP contribution in [-0.2, 0) is 15.0 Å². The Labute approximate surface area is 202 Å². The minimum absolute atomic E-state index is 0.0407. The Morgan fingerprint density at radius 2 is 1.65 bits per heavy atom. The molecule has 0 spiro atoms. The van der Waals surface area contributed by atoms with Crippen LogP contribution in [0, 0.1) is 5.92 Å². The number of hydrogen-bond acceptors (Lipinski definition) is 3. The zero-order chi connectivity index (χ0) is 24.7. The summed E-state index contributed by atoms with van der Waals surface area (Å²) in [6.45, 7) is 10.7. The van der Waals surface area contributed by atoms with Gasteiger partial charge < -0.3 is 10.2 Å². The Morgan fingerprint density at radius 3 is 2.24 bits per heavy atom. The van der Waals surface area contributed by atoms with Crippen molar-refractivity contribution in [3.8, 4) is 5.69 Å². The summed E-state index contributed by atoms with van der Waals surface area (Å²) < 4.78 is 1.74. The quantitative estimate of drug-likeness (QED) is 0.466. The van der Waals surface area contributed by atoms with Gasteiger partial charge >= 0.3 is 0 Å². The minimum atomic E-state index is -0.264. The number of rotatable bonds is 8. The van der Waals surface area contributed by atoms with Crippen LogP contribution in [-0.4, -0.2) is 39.6 Å². The topological polar surface area (TPSA) is 67.2 Å². The highest BCUT2D eigenvalue weighted by Crippen LogP contribution is 2.26. The van der Waals surface area contributed by atoms with Gasteiger partial charge in [-0.1, -0.05) is 83.1 Å². The lowest BCUT2D eigenvalue weighted by atomic mass is 9.92. The van der Waals surface area contributed by atoms with Crippen LogP contribution >= 0.6 is 0 Å². The van der Waals surface area contributed by atoms with Crippen LogP contribution in [0.25, 0.3) is 11.8 Å². The summed E-state index contributed by atoms with van der Waals surface area (Å²) in [6.07, 6.45) is 3.30. The predicted molar refractivity (Wildman–Crippen MR) is 138 cm³/mol. The van der Waals surface area contributed by atoms with Crippen molar-refractivity contribution in [3.05, 3.63) is 84.1 Å². The van der Waals surface area contributed by atoms with E-state index in [4.69, 9.17) is 5.10 Å². The van der Waals surface area contributed by atoms with Crippen molar-refractivity contribution in [2.24, 2.45) is 5.92 Å². The Bertz CT molecular complexity index is 1130. The van der Waals surface area contributed by atoms with E-state index in [0.717, 1.165) is 16.9 Å². The normalized spacial score (nSPS) is 11.7. The van der Waals surface area contributed by atoms with E-state index in [1.807, 2.05) is 80.6 Å². The highest BCUT2D eigenvalue weighted by molar-refractivity contribution is 5.97. The van der Waals surface area contributed by atoms with Crippen molar-refractivity contribution < 1.29 is 9.59 Å². The molecule has 3 rings (SSSR count). The molecule has 0 saturated heterocycles. The largest absolute Gasteiger partial charge is 0.330 e. The van der Waals surface area contributed by atoms with E-state index in [1.165, 1.54) is 6.08 Å². The molecule has 0 radical (unpaired) electrons. The summed E-state index contributed by atoms with van der Waals surface area (Å²) in [7, 11) is 0. The van der Waals surface area contributed by atoms with Gasteiger partial charge in [0.05, 0.1) is 11.4 Å². The Balaban J connectivity index is 1.79. The van der Waals surface area contributed by atoms with Crippen LogP contribution in [0.2, 0.25) is 0 Å². The molecule has 178 valence electrons. The molecular formula is C28H34N4O2. The Kier molecular flexibility index (Phi) is 8.05. The van der Waals surface area contributed by atoms with Gasteiger partial charge in [-0.3, -0.25) is 9.59 Å². The van der Waals surface area contributed by atoms with Gasteiger partial charge in [-0.05, 0) is 29.7 Å². The van der Waals surface area contributed by atoms with Crippen LogP contribution in [0.4, 0.5) is 5.82 Å². The first kappa shape index (κ1) is 25.0. The van der Waals surface area contributed by atoms with Gasteiger partial charge in [-0.15, -0.1) is 0 Å². The van der Waals surface area contributed by atoms with E-state index in [0.29, 0.717) is 12.4 Å². The highest BCUT2D eigenvalue weighted by atomic mass is 16.2. The van der Waals surface area contributed by atoms with Gasteiger partial charge in [0.25, 0.3) is 0 Å². The number of para-hydroxylation sites is 1. The van der Waals surface area contributed by atoms with Crippen molar-refractivity contribution >= 4 is 23.7 Å². The van der Waals surface area contributed by atoms with Gasteiger partial charge in [0, 0.05) is 24.1 Å². The standard InChI is InChI=1S/C28H34N4O2/c1-21(2)19-31(27(34)17-16-22-12-8-6-9-13-22)20-26(33)29-25-18-24(28(3,4)5)30-32(25)23-14-10-7-11-15-23/h6-18,21H,19-20H2,1-5H3,(H,29,33)/b17-16+. The van der Waals surface area contributed by atoms with Crippen molar-refractivity contribution in [1.82, 2.24) is 14.7 Å². The first-order valence-electron chi connectivity index (χ1n) is 11.6. The molecule has 6 heteroatoms. The molecule has 0 aliphatic carbocycles. The van der Waals surface area contributed by atoms with E-state index in [2.05, 4.69) is 26.1 Å². The molecule has 1 N–H and O–H groups in total. The van der Waals surface area contributed by atoms with Crippen molar-refractivity contribution in [2.45, 2.75) is 40.0 Å². The fourth-order valence-electron chi connectivity index (χ4n) is 3.47. The molecular weight excluding hydrogens is 424 g/mol. The fourth-order valence-corrected chi connectivity index (χ4v) is 3.47. The lowest BCUT2D eigenvalue weighted by Crippen LogP contribution is -2.39. The lowest BCUT2D eigenvalue weighted by molar-refractivity contribution is -0.131. The Morgan fingerprint density at radius 1 is 1.03 bits per heavy atom. The molecule has 0 unspecified atom stereocenters. The molecule has 0 aliphatic rings. The maximum atomic E-state index is 13.1. The molecule has 0 fully saturated rings. The van der Waals surface area contributed by atoms with Gasteiger partial charge in [-0.25, -0.2) is 4.68 Å². The molecule has 3 aromatic rings. The SMILES string of the molecule is CC(C)CN(CC(=O)Nc1cc(C(C)(C)C)nn1-c1ccccc1)C(=O)/C=C/c1ccccc1. The fraction of sp³-hybridized carbons (Fsp3) is 0.321. The summed E-state index contributed by atoms with van der Waals surface area (Å²) in [5.74, 6) is 0.349. The first-order valence-corrected chi connectivity index (χ1v) is 11.6. The third-order valence-corrected chi connectivity index (χ3v) is 5.20. The summed E-state index contributed by atoms with van der Waals surface area (Å²) >= 11 is 0. The van der Waals surface area contributed by atoms with Crippen LogP contribution in [0.3, 0.4) is 0 Å². The molecule has 2 aromatic carbocycles. The third-order valence-electron chi connectivity index (χ3n) is 5.20. The number of nitrogens with one attached hydrogen (secondary N) is 1. The lowest BCUT2D eigenvalue weighted by Gasteiger charge is -2.23. The average Bonchev–Trinajstić information content (AvgIpc) is 3.22. The molecule has 0 saturated carbocycles. The van der Waals surface area contributed by atoms with Gasteiger partial charge in [-0.2, -0.15) is 5.10 Å². The molecule has 1 heterocycles. The number of amides is 2.